The van der Waals surface area contributed by atoms with Gasteiger partial charge >= 0.3 is 0 Å². The van der Waals surface area contributed by atoms with Crippen molar-refractivity contribution in [2.75, 3.05) is 11.9 Å². The standard InChI is InChI=1S/C16H21N5O/c1-10-2-5-12(7-21(10)9-22)20-16-14-13(11-3-4-11)6-17-15(14)18-8-19-16/h6,8-12H,2-5,7H2,1H3,(H2,17,18,19,20). The Labute approximate surface area is 129 Å². The van der Waals surface area contributed by atoms with Crippen LogP contribution < -0.4 is 5.32 Å². The number of aromatic nitrogens is 3. The number of carbonyl (C=O) groups is 1. The minimum Gasteiger partial charge on any atom is -0.365 e. The van der Waals surface area contributed by atoms with Crippen molar-refractivity contribution < 1.29 is 4.79 Å². The fraction of sp³-hybridized carbons (Fsp3) is 0.562. The second-order valence-corrected chi connectivity index (χ2v) is 6.53. The highest BCUT2D eigenvalue weighted by Crippen LogP contribution is 2.44. The Bertz CT molecular complexity index is 693. The fourth-order valence-electron chi connectivity index (χ4n) is 3.40. The first-order chi connectivity index (χ1) is 10.8. The van der Waals surface area contributed by atoms with Crippen molar-refractivity contribution >= 4 is 23.3 Å². The van der Waals surface area contributed by atoms with Gasteiger partial charge in [-0.25, -0.2) is 9.97 Å². The smallest absolute Gasteiger partial charge is 0.210 e. The first kappa shape index (κ1) is 13.5. The molecule has 0 radical (unpaired) electrons. The average Bonchev–Trinajstić information content (AvgIpc) is 3.28. The van der Waals surface area contributed by atoms with Crippen LogP contribution in [0, 0.1) is 0 Å². The van der Waals surface area contributed by atoms with E-state index in [0.717, 1.165) is 42.6 Å². The number of amides is 1. The largest absolute Gasteiger partial charge is 0.365 e. The molecular formula is C16H21N5O. The first-order valence-corrected chi connectivity index (χ1v) is 8.06. The van der Waals surface area contributed by atoms with Crippen molar-refractivity contribution in [2.24, 2.45) is 0 Å². The van der Waals surface area contributed by atoms with Gasteiger partial charge in [0.05, 0.1) is 5.39 Å². The van der Waals surface area contributed by atoms with Gasteiger partial charge in [-0.1, -0.05) is 0 Å². The molecular weight excluding hydrogens is 278 g/mol. The Hall–Kier alpha value is -2.11. The van der Waals surface area contributed by atoms with E-state index in [1.807, 2.05) is 4.90 Å². The van der Waals surface area contributed by atoms with Gasteiger partial charge in [0.15, 0.2) is 0 Å². The molecule has 3 heterocycles. The van der Waals surface area contributed by atoms with Gasteiger partial charge in [-0.05, 0) is 44.1 Å². The van der Waals surface area contributed by atoms with Crippen LogP contribution in [0.25, 0.3) is 11.0 Å². The molecule has 0 bridgehead atoms. The highest BCUT2D eigenvalue weighted by atomic mass is 16.1. The number of likely N-dealkylation sites (tertiary alicyclic amines) is 1. The predicted octanol–water partition coefficient (Wildman–Crippen LogP) is 2.26. The molecule has 1 amide bonds. The van der Waals surface area contributed by atoms with Crippen LogP contribution in [0.5, 0.6) is 0 Å². The monoisotopic (exact) mass is 299 g/mol. The van der Waals surface area contributed by atoms with Crippen LogP contribution in [0.3, 0.4) is 0 Å². The molecule has 6 nitrogen and oxygen atoms in total. The maximum Gasteiger partial charge on any atom is 0.210 e. The third-order valence-electron chi connectivity index (χ3n) is 4.92. The van der Waals surface area contributed by atoms with Crippen molar-refractivity contribution in [1.29, 1.82) is 0 Å². The summed E-state index contributed by atoms with van der Waals surface area (Å²) in [4.78, 5) is 25.1. The fourth-order valence-corrected chi connectivity index (χ4v) is 3.40. The molecule has 0 spiro atoms. The summed E-state index contributed by atoms with van der Waals surface area (Å²) < 4.78 is 0. The van der Waals surface area contributed by atoms with E-state index in [4.69, 9.17) is 0 Å². The van der Waals surface area contributed by atoms with Crippen LogP contribution in [-0.4, -0.2) is 44.9 Å². The lowest BCUT2D eigenvalue weighted by Crippen LogP contribution is -2.46. The summed E-state index contributed by atoms with van der Waals surface area (Å²) in [5, 5.41) is 4.67. The number of carbonyl (C=O) groups excluding carboxylic acids is 1. The summed E-state index contributed by atoms with van der Waals surface area (Å²) >= 11 is 0. The van der Waals surface area contributed by atoms with Gasteiger partial charge in [0.25, 0.3) is 0 Å². The summed E-state index contributed by atoms with van der Waals surface area (Å²) in [6, 6.07) is 0.580. The third kappa shape index (κ3) is 2.32. The first-order valence-electron chi connectivity index (χ1n) is 8.06. The quantitative estimate of drug-likeness (QED) is 0.849. The summed E-state index contributed by atoms with van der Waals surface area (Å²) in [6.07, 6.45) is 9.21. The molecule has 2 aromatic heterocycles. The molecule has 2 N–H and O–H groups in total. The second kappa shape index (κ2) is 5.26. The number of anilines is 1. The Morgan fingerprint density at radius 3 is 2.95 bits per heavy atom. The number of piperidine rings is 1. The molecule has 1 aliphatic heterocycles. The lowest BCUT2D eigenvalue weighted by atomic mass is 10.00. The number of hydrogen-bond acceptors (Lipinski definition) is 4. The van der Waals surface area contributed by atoms with E-state index < -0.39 is 0 Å². The Morgan fingerprint density at radius 2 is 2.18 bits per heavy atom. The van der Waals surface area contributed by atoms with Crippen LogP contribution >= 0.6 is 0 Å². The topological polar surface area (TPSA) is 73.9 Å². The number of fused-ring (bicyclic) bond motifs is 1. The summed E-state index contributed by atoms with van der Waals surface area (Å²) in [5.41, 5.74) is 2.23. The molecule has 2 unspecified atom stereocenters. The molecule has 116 valence electrons. The third-order valence-corrected chi connectivity index (χ3v) is 4.92. The van der Waals surface area contributed by atoms with E-state index in [-0.39, 0.29) is 6.04 Å². The Morgan fingerprint density at radius 1 is 1.32 bits per heavy atom. The maximum absolute atomic E-state index is 11.2. The summed E-state index contributed by atoms with van der Waals surface area (Å²) in [7, 11) is 0. The van der Waals surface area contributed by atoms with Crippen LogP contribution in [0.15, 0.2) is 12.5 Å². The number of H-pyrrole nitrogens is 1. The van der Waals surface area contributed by atoms with Gasteiger partial charge in [-0.3, -0.25) is 4.79 Å². The maximum atomic E-state index is 11.2. The second-order valence-electron chi connectivity index (χ2n) is 6.53. The van der Waals surface area contributed by atoms with Crippen LogP contribution in [-0.2, 0) is 4.79 Å². The van der Waals surface area contributed by atoms with Crippen LogP contribution in [0.2, 0.25) is 0 Å². The zero-order valence-electron chi connectivity index (χ0n) is 12.7. The Kier molecular flexibility index (Phi) is 3.24. The normalized spacial score (nSPS) is 25.4. The number of aromatic amines is 1. The van der Waals surface area contributed by atoms with Crippen LogP contribution in [0.1, 0.15) is 44.1 Å². The molecule has 4 rings (SSSR count). The lowest BCUT2D eigenvalue weighted by molar-refractivity contribution is -0.121. The molecule has 6 heteroatoms. The van der Waals surface area contributed by atoms with E-state index in [1.165, 1.54) is 18.4 Å². The molecule has 2 atom stereocenters. The molecule has 2 aromatic rings. The molecule has 1 saturated heterocycles. The van der Waals surface area contributed by atoms with Gasteiger partial charge in [-0.2, -0.15) is 0 Å². The van der Waals surface area contributed by atoms with E-state index in [0.29, 0.717) is 12.0 Å². The van der Waals surface area contributed by atoms with Gasteiger partial charge in [0.1, 0.15) is 17.8 Å². The van der Waals surface area contributed by atoms with E-state index in [2.05, 4.69) is 33.4 Å². The minimum atomic E-state index is 0.251. The minimum absolute atomic E-state index is 0.251. The SMILES string of the molecule is CC1CCC(Nc2ncnc3[nH]cc(C4CC4)c23)CN1C=O. The summed E-state index contributed by atoms with van der Waals surface area (Å²) in [6.45, 7) is 2.84. The molecule has 2 fully saturated rings. The van der Waals surface area contributed by atoms with Crippen molar-refractivity contribution in [3.63, 3.8) is 0 Å². The number of nitrogens with one attached hydrogen (secondary N) is 2. The van der Waals surface area contributed by atoms with E-state index >= 15 is 0 Å². The zero-order valence-corrected chi connectivity index (χ0v) is 12.7. The molecule has 1 saturated carbocycles. The molecule has 0 aromatic carbocycles. The number of rotatable bonds is 4. The average molecular weight is 299 g/mol. The molecule has 22 heavy (non-hydrogen) atoms. The number of hydrogen-bond donors (Lipinski definition) is 2. The Balaban J connectivity index is 1.61. The van der Waals surface area contributed by atoms with Gasteiger partial charge in [0, 0.05) is 24.8 Å². The van der Waals surface area contributed by atoms with Crippen LogP contribution in [0.4, 0.5) is 5.82 Å². The highest BCUT2D eigenvalue weighted by molar-refractivity contribution is 5.91. The van der Waals surface area contributed by atoms with E-state index in [1.54, 1.807) is 6.33 Å². The predicted molar refractivity (Wildman–Crippen MR) is 84.7 cm³/mol. The van der Waals surface area contributed by atoms with Crippen molar-refractivity contribution in [3.8, 4) is 0 Å². The zero-order chi connectivity index (χ0) is 15.1. The van der Waals surface area contributed by atoms with E-state index in [9.17, 15) is 4.79 Å². The van der Waals surface area contributed by atoms with Gasteiger partial charge in [0.2, 0.25) is 6.41 Å². The van der Waals surface area contributed by atoms with Gasteiger partial charge < -0.3 is 15.2 Å². The lowest BCUT2D eigenvalue weighted by Gasteiger charge is -2.36. The van der Waals surface area contributed by atoms with Gasteiger partial charge in [-0.15, -0.1) is 0 Å². The number of nitrogens with zero attached hydrogens (tertiary/aromatic N) is 3. The van der Waals surface area contributed by atoms with Crippen molar-refractivity contribution in [1.82, 2.24) is 19.9 Å². The highest BCUT2D eigenvalue weighted by Gasteiger charge is 2.29. The molecule has 1 aliphatic carbocycles. The van der Waals surface area contributed by atoms with Crippen molar-refractivity contribution in [2.45, 2.75) is 50.6 Å². The molecule has 2 aliphatic rings. The summed E-state index contributed by atoms with van der Waals surface area (Å²) in [5.74, 6) is 1.55. The van der Waals surface area contributed by atoms with Crippen molar-refractivity contribution in [3.05, 3.63) is 18.1 Å².